The van der Waals surface area contributed by atoms with E-state index in [9.17, 15) is 0 Å². The van der Waals surface area contributed by atoms with Gasteiger partial charge in [0, 0.05) is 38.2 Å². The Hall–Kier alpha value is -7.11. The number of hydrogen-bond acceptors (Lipinski definition) is 5. The van der Waals surface area contributed by atoms with Crippen LogP contribution in [0.25, 0.3) is 111 Å². The van der Waals surface area contributed by atoms with Crippen LogP contribution in [0.5, 0.6) is 0 Å². The van der Waals surface area contributed by atoms with Crippen molar-refractivity contribution in [3.8, 4) is 45.3 Å². The molecule has 3 heterocycles. The molecule has 0 saturated carbocycles. The van der Waals surface area contributed by atoms with Gasteiger partial charge in [0.25, 0.3) is 0 Å². The van der Waals surface area contributed by atoms with E-state index in [2.05, 4.69) is 97.1 Å². The van der Waals surface area contributed by atoms with Crippen molar-refractivity contribution < 1.29 is 8.83 Å². The molecule has 242 valence electrons. The highest BCUT2D eigenvalue weighted by Crippen LogP contribution is 2.40. The molecule has 0 N–H and O–H groups in total. The third kappa shape index (κ3) is 4.46. The minimum atomic E-state index is 0.587. The lowest BCUT2D eigenvalue weighted by Gasteiger charge is -2.12. The van der Waals surface area contributed by atoms with Crippen molar-refractivity contribution in [1.82, 2.24) is 15.0 Å². The number of benzene rings is 8. The molecule has 0 aliphatic carbocycles. The van der Waals surface area contributed by atoms with Gasteiger partial charge in [-0.1, -0.05) is 121 Å². The summed E-state index contributed by atoms with van der Waals surface area (Å²) in [5, 5.41) is 8.77. The quantitative estimate of drug-likeness (QED) is 0.175. The molecule has 11 aromatic rings. The fraction of sp³-hybridized carbons (Fsp3) is 0. The molecule has 8 aromatic carbocycles. The minimum Gasteiger partial charge on any atom is -0.456 e. The predicted octanol–water partition coefficient (Wildman–Crippen LogP) is 12.6. The molecule has 5 heteroatoms. The van der Waals surface area contributed by atoms with Gasteiger partial charge in [-0.15, -0.1) is 0 Å². The summed E-state index contributed by atoms with van der Waals surface area (Å²) in [7, 11) is 0. The van der Waals surface area contributed by atoms with Gasteiger partial charge >= 0.3 is 0 Å². The van der Waals surface area contributed by atoms with Crippen molar-refractivity contribution in [3.05, 3.63) is 164 Å². The molecule has 0 aliphatic heterocycles. The SMILES string of the molecule is c1ccc(-c2nc(-c3cc4ccccc4c4ccccc34)nc(-c3cccc4oc5ccc(-c6ccc7c(c6)oc6ccccc67)cc5c34)n2)cc1. The van der Waals surface area contributed by atoms with Crippen LogP contribution in [-0.4, -0.2) is 15.0 Å². The Morgan fingerprint density at radius 3 is 1.81 bits per heavy atom. The summed E-state index contributed by atoms with van der Waals surface area (Å²) < 4.78 is 12.7. The molecule has 3 aromatic heterocycles. The molecule has 11 rings (SSSR count). The van der Waals surface area contributed by atoms with Gasteiger partial charge in [-0.25, -0.2) is 15.0 Å². The molecule has 0 bridgehead atoms. The van der Waals surface area contributed by atoms with Crippen molar-refractivity contribution in [3.63, 3.8) is 0 Å². The molecule has 0 unspecified atom stereocenters. The zero-order chi connectivity index (χ0) is 34.2. The van der Waals surface area contributed by atoms with E-state index in [0.717, 1.165) is 87.9 Å². The smallest absolute Gasteiger partial charge is 0.164 e. The van der Waals surface area contributed by atoms with Crippen LogP contribution in [-0.2, 0) is 0 Å². The van der Waals surface area contributed by atoms with Gasteiger partial charge in [0.1, 0.15) is 22.3 Å². The molecule has 0 aliphatic rings. The number of nitrogens with zero attached hydrogens (tertiary/aromatic N) is 3. The molecule has 0 amide bonds. The molecule has 0 fully saturated rings. The summed E-state index contributed by atoms with van der Waals surface area (Å²) in [6, 6.07) is 56.3. The van der Waals surface area contributed by atoms with Gasteiger partial charge in [-0.3, -0.25) is 0 Å². The lowest BCUT2D eigenvalue weighted by atomic mass is 9.96. The van der Waals surface area contributed by atoms with Gasteiger partial charge in [0.15, 0.2) is 17.5 Å². The van der Waals surface area contributed by atoms with Gasteiger partial charge in [-0.2, -0.15) is 0 Å². The number of para-hydroxylation sites is 1. The van der Waals surface area contributed by atoms with Crippen molar-refractivity contribution in [1.29, 1.82) is 0 Å². The maximum absolute atomic E-state index is 6.46. The predicted molar refractivity (Wildman–Crippen MR) is 211 cm³/mol. The van der Waals surface area contributed by atoms with Gasteiger partial charge in [-0.05, 0) is 75.1 Å². The Bertz CT molecular complexity index is 3190. The number of furan rings is 2. The Labute approximate surface area is 297 Å². The first-order chi connectivity index (χ1) is 25.7. The second-order valence-electron chi connectivity index (χ2n) is 13.2. The molecular formula is C47H27N3O2. The topological polar surface area (TPSA) is 65.0 Å². The average Bonchev–Trinajstić information content (AvgIpc) is 3.78. The molecule has 0 radical (unpaired) electrons. The Morgan fingerprint density at radius 2 is 0.923 bits per heavy atom. The Kier molecular flexibility index (Phi) is 6.18. The third-order valence-corrected chi connectivity index (χ3v) is 10.1. The van der Waals surface area contributed by atoms with E-state index in [1.807, 2.05) is 66.7 Å². The first-order valence-corrected chi connectivity index (χ1v) is 17.3. The van der Waals surface area contributed by atoms with Crippen molar-refractivity contribution in [2.45, 2.75) is 0 Å². The summed E-state index contributed by atoms with van der Waals surface area (Å²) in [5.41, 5.74) is 8.22. The van der Waals surface area contributed by atoms with E-state index in [0.29, 0.717) is 17.5 Å². The highest BCUT2D eigenvalue weighted by molar-refractivity contribution is 6.15. The van der Waals surface area contributed by atoms with Crippen LogP contribution in [0.3, 0.4) is 0 Å². The van der Waals surface area contributed by atoms with E-state index in [4.69, 9.17) is 23.8 Å². The number of fused-ring (bicyclic) bond motifs is 9. The number of hydrogen-bond donors (Lipinski definition) is 0. The van der Waals surface area contributed by atoms with Crippen molar-refractivity contribution >= 4 is 65.4 Å². The Morgan fingerprint density at radius 1 is 0.308 bits per heavy atom. The maximum atomic E-state index is 6.46. The van der Waals surface area contributed by atoms with E-state index >= 15 is 0 Å². The molecular weight excluding hydrogens is 639 g/mol. The van der Waals surface area contributed by atoms with Crippen LogP contribution in [0, 0.1) is 0 Å². The van der Waals surface area contributed by atoms with E-state index in [1.165, 1.54) is 5.39 Å². The van der Waals surface area contributed by atoms with E-state index in [-0.39, 0.29) is 0 Å². The van der Waals surface area contributed by atoms with Crippen LogP contribution in [0.1, 0.15) is 0 Å². The number of rotatable bonds is 4. The maximum Gasteiger partial charge on any atom is 0.164 e. The summed E-state index contributed by atoms with van der Waals surface area (Å²) in [6.45, 7) is 0. The van der Waals surface area contributed by atoms with Crippen molar-refractivity contribution in [2.75, 3.05) is 0 Å². The number of aromatic nitrogens is 3. The molecule has 52 heavy (non-hydrogen) atoms. The highest BCUT2D eigenvalue weighted by atomic mass is 16.3. The fourth-order valence-corrected chi connectivity index (χ4v) is 7.67. The lowest BCUT2D eigenvalue weighted by molar-refractivity contribution is 0.669. The first kappa shape index (κ1) is 28.7. The fourth-order valence-electron chi connectivity index (χ4n) is 7.67. The van der Waals surface area contributed by atoms with Gasteiger partial charge in [0.2, 0.25) is 0 Å². The van der Waals surface area contributed by atoms with Crippen molar-refractivity contribution in [2.24, 2.45) is 0 Å². The van der Waals surface area contributed by atoms with Crippen LogP contribution in [0.15, 0.2) is 173 Å². The first-order valence-electron chi connectivity index (χ1n) is 17.3. The molecule has 0 atom stereocenters. The average molecular weight is 666 g/mol. The second kappa shape index (κ2) is 11.2. The zero-order valence-corrected chi connectivity index (χ0v) is 27.7. The van der Waals surface area contributed by atoms with Crippen LogP contribution in [0.4, 0.5) is 0 Å². The lowest BCUT2D eigenvalue weighted by Crippen LogP contribution is -2.01. The minimum absolute atomic E-state index is 0.587. The Balaban J connectivity index is 1.14. The van der Waals surface area contributed by atoms with Crippen LogP contribution in [0.2, 0.25) is 0 Å². The van der Waals surface area contributed by atoms with Gasteiger partial charge < -0.3 is 8.83 Å². The standard InChI is InChI=1S/C47H27N3O2/c1-2-11-28(12-3-1)45-48-46(50-47(49-45)38-26-31-13-4-5-14-32(31)33-15-6-7-16-34(33)38)37-18-10-20-42-44(37)39-25-29(22-24-41(39)51-42)30-21-23-36-35-17-8-9-19-40(35)52-43(36)27-30/h1-27H. The van der Waals surface area contributed by atoms with Crippen LogP contribution >= 0.6 is 0 Å². The monoisotopic (exact) mass is 665 g/mol. The molecule has 5 nitrogen and oxygen atoms in total. The summed E-state index contributed by atoms with van der Waals surface area (Å²) in [6.07, 6.45) is 0. The second-order valence-corrected chi connectivity index (χ2v) is 13.2. The molecule has 0 saturated heterocycles. The normalized spacial score (nSPS) is 11.8. The van der Waals surface area contributed by atoms with Crippen LogP contribution < -0.4 is 0 Å². The van der Waals surface area contributed by atoms with E-state index < -0.39 is 0 Å². The summed E-state index contributed by atoms with van der Waals surface area (Å²) in [4.78, 5) is 15.5. The zero-order valence-electron chi connectivity index (χ0n) is 27.7. The third-order valence-electron chi connectivity index (χ3n) is 10.1. The highest BCUT2D eigenvalue weighted by Gasteiger charge is 2.20. The largest absolute Gasteiger partial charge is 0.456 e. The summed E-state index contributed by atoms with van der Waals surface area (Å²) in [5.74, 6) is 1.82. The summed E-state index contributed by atoms with van der Waals surface area (Å²) >= 11 is 0. The molecule has 0 spiro atoms. The van der Waals surface area contributed by atoms with Gasteiger partial charge in [0.05, 0.1) is 0 Å². The van der Waals surface area contributed by atoms with E-state index in [1.54, 1.807) is 0 Å².